The molecule has 3 atom stereocenters. The minimum Gasteiger partial charge on any atom is -0.366 e. The fraction of sp³-hybridized carbons (Fsp3) is 0.778. The Kier molecular flexibility index (Phi) is 5.02. The molecule has 0 amide bonds. The average molecular weight is 296 g/mol. The molecule has 0 bridgehead atoms. The second kappa shape index (κ2) is 5.81. The van der Waals surface area contributed by atoms with Crippen LogP contribution in [0.25, 0.3) is 0 Å². The van der Waals surface area contributed by atoms with E-state index in [4.69, 9.17) is 20.6 Å². The zero-order valence-electron chi connectivity index (χ0n) is 7.53. The molecule has 0 N–H and O–H groups in total. The fourth-order valence-corrected chi connectivity index (χ4v) is 1.86. The number of ether oxygens (including phenoxy) is 3. The first-order valence-corrected chi connectivity index (χ1v) is 5.61. The van der Waals surface area contributed by atoms with Gasteiger partial charge in [-0.3, -0.25) is 0 Å². The van der Waals surface area contributed by atoms with E-state index < -0.39 is 0 Å². The summed E-state index contributed by atoms with van der Waals surface area (Å²) in [6, 6.07) is 0. The summed E-state index contributed by atoms with van der Waals surface area (Å²) in [7, 11) is 1.59. The Morgan fingerprint density at radius 1 is 1.69 bits per heavy atom. The molecule has 0 spiro atoms. The van der Waals surface area contributed by atoms with Gasteiger partial charge in [0.15, 0.2) is 0 Å². The van der Waals surface area contributed by atoms with E-state index in [0.29, 0.717) is 12.5 Å². The SMILES string of the molecule is C#CC[C@@H](OCOC)[C@@H]1O[C@H]1CI. The Morgan fingerprint density at radius 3 is 2.92 bits per heavy atom. The predicted molar refractivity (Wildman–Crippen MR) is 57.7 cm³/mol. The van der Waals surface area contributed by atoms with Gasteiger partial charge in [-0.25, -0.2) is 0 Å². The van der Waals surface area contributed by atoms with Crippen molar-refractivity contribution in [2.45, 2.75) is 24.7 Å². The van der Waals surface area contributed by atoms with Gasteiger partial charge < -0.3 is 14.2 Å². The first-order chi connectivity index (χ1) is 6.33. The van der Waals surface area contributed by atoms with Crippen molar-refractivity contribution < 1.29 is 14.2 Å². The number of terminal acetylenes is 1. The standard InChI is InChI=1S/C9H13IO3/c1-3-4-7(12-6-11-2)9-8(5-10)13-9/h1,7-9H,4-6H2,2H3/t7-,8+,9+/m1/s1. The van der Waals surface area contributed by atoms with Crippen LogP contribution in [0.1, 0.15) is 6.42 Å². The minimum absolute atomic E-state index is 0.00952. The van der Waals surface area contributed by atoms with Crippen LogP contribution in [0.2, 0.25) is 0 Å². The molecule has 13 heavy (non-hydrogen) atoms. The van der Waals surface area contributed by atoms with Crippen LogP contribution in [0.15, 0.2) is 0 Å². The maximum atomic E-state index is 5.39. The first kappa shape index (κ1) is 11.2. The molecular formula is C9H13IO3. The van der Waals surface area contributed by atoms with Gasteiger partial charge in [0.25, 0.3) is 0 Å². The smallest absolute Gasteiger partial charge is 0.146 e. The fourth-order valence-electron chi connectivity index (χ4n) is 1.15. The average Bonchev–Trinajstić information content (AvgIpc) is 2.91. The van der Waals surface area contributed by atoms with Crippen molar-refractivity contribution in [2.75, 3.05) is 18.3 Å². The summed E-state index contributed by atoms with van der Waals surface area (Å²) in [4.78, 5) is 0. The van der Waals surface area contributed by atoms with Crippen LogP contribution >= 0.6 is 22.6 Å². The predicted octanol–water partition coefficient (Wildman–Crippen LogP) is 1.20. The Bertz CT molecular complexity index is 190. The highest BCUT2D eigenvalue weighted by Gasteiger charge is 2.44. The van der Waals surface area contributed by atoms with Gasteiger partial charge in [0.1, 0.15) is 12.9 Å². The van der Waals surface area contributed by atoms with E-state index in [1.165, 1.54) is 0 Å². The zero-order valence-corrected chi connectivity index (χ0v) is 9.69. The lowest BCUT2D eigenvalue weighted by Crippen LogP contribution is -2.22. The third kappa shape index (κ3) is 3.43. The molecule has 0 aliphatic carbocycles. The van der Waals surface area contributed by atoms with Crippen molar-refractivity contribution in [2.24, 2.45) is 0 Å². The lowest BCUT2D eigenvalue weighted by atomic mass is 10.1. The molecule has 3 nitrogen and oxygen atoms in total. The molecule has 0 radical (unpaired) electrons. The lowest BCUT2D eigenvalue weighted by Gasteiger charge is -2.11. The van der Waals surface area contributed by atoms with Gasteiger partial charge in [0, 0.05) is 18.0 Å². The second-order valence-electron chi connectivity index (χ2n) is 2.81. The molecule has 0 saturated carbocycles. The highest BCUT2D eigenvalue weighted by molar-refractivity contribution is 14.1. The highest BCUT2D eigenvalue weighted by atomic mass is 127. The molecule has 0 aromatic carbocycles. The Morgan fingerprint density at radius 2 is 2.46 bits per heavy atom. The van der Waals surface area contributed by atoms with E-state index >= 15 is 0 Å². The maximum Gasteiger partial charge on any atom is 0.146 e. The Labute approximate surface area is 92.3 Å². The number of halogens is 1. The van der Waals surface area contributed by atoms with Crippen molar-refractivity contribution in [3.8, 4) is 12.3 Å². The van der Waals surface area contributed by atoms with Crippen molar-refractivity contribution in [1.29, 1.82) is 0 Å². The van der Waals surface area contributed by atoms with Gasteiger partial charge in [0.2, 0.25) is 0 Å². The molecule has 0 aromatic heterocycles. The van der Waals surface area contributed by atoms with E-state index in [-0.39, 0.29) is 19.0 Å². The summed E-state index contributed by atoms with van der Waals surface area (Å²) in [5, 5.41) is 0. The Hall–Kier alpha value is 0.170. The normalized spacial score (nSPS) is 28.1. The molecule has 1 rings (SSSR count). The van der Waals surface area contributed by atoms with E-state index in [9.17, 15) is 0 Å². The van der Waals surface area contributed by atoms with Gasteiger partial charge >= 0.3 is 0 Å². The van der Waals surface area contributed by atoms with Crippen LogP contribution in [0.3, 0.4) is 0 Å². The lowest BCUT2D eigenvalue weighted by molar-refractivity contribution is -0.0773. The summed E-state index contributed by atoms with van der Waals surface area (Å²) in [6.45, 7) is 0.278. The number of methoxy groups -OCH3 is 1. The molecule has 0 unspecified atom stereocenters. The zero-order chi connectivity index (χ0) is 9.68. The van der Waals surface area contributed by atoms with Crippen molar-refractivity contribution in [1.82, 2.24) is 0 Å². The summed E-state index contributed by atoms with van der Waals surface area (Å²) in [5.74, 6) is 2.58. The molecule has 1 fully saturated rings. The molecule has 74 valence electrons. The maximum absolute atomic E-state index is 5.39. The van der Waals surface area contributed by atoms with Gasteiger partial charge in [-0.1, -0.05) is 22.6 Å². The summed E-state index contributed by atoms with van der Waals surface area (Å²) in [5.41, 5.74) is 0. The molecule has 1 heterocycles. The van der Waals surface area contributed by atoms with Crippen LogP contribution < -0.4 is 0 Å². The van der Waals surface area contributed by atoms with Crippen molar-refractivity contribution in [3.63, 3.8) is 0 Å². The minimum atomic E-state index is -0.00952. The second-order valence-corrected chi connectivity index (χ2v) is 3.69. The first-order valence-electron chi connectivity index (χ1n) is 4.09. The highest BCUT2D eigenvalue weighted by Crippen LogP contribution is 2.30. The monoisotopic (exact) mass is 296 g/mol. The quantitative estimate of drug-likeness (QED) is 0.243. The van der Waals surface area contributed by atoms with Crippen molar-refractivity contribution in [3.05, 3.63) is 0 Å². The van der Waals surface area contributed by atoms with Crippen LogP contribution in [0.4, 0.5) is 0 Å². The van der Waals surface area contributed by atoms with Gasteiger partial charge in [0.05, 0.1) is 12.2 Å². The van der Waals surface area contributed by atoms with E-state index in [2.05, 4.69) is 28.5 Å². The summed E-state index contributed by atoms with van der Waals surface area (Å²) in [6.07, 6.45) is 6.29. The van der Waals surface area contributed by atoms with Crippen molar-refractivity contribution >= 4 is 22.6 Å². The van der Waals surface area contributed by atoms with Crippen LogP contribution in [0, 0.1) is 12.3 Å². The largest absolute Gasteiger partial charge is 0.366 e. The number of alkyl halides is 1. The number of hydrogen-bond acceptors (Lipinski definition) is 3. The third-order valence-corrected chi connectivity index (χ3v) is 2.73. The number of epoxide rings is 1. The van der Waals surface area contributed by atoms with Crippen LogP contribution in [-0.2, 0) is 14.2 Å². The molecule has 4 heteroatoms. The summed E-state index contributed by atoms with van der Waals surface area (Å²) < 4.78 is 16.6. The van der Waals surface area contributed by atoms with Gasteiger partial charge in [-0.15, -0.1) is 12.3 Å². The van der Waals surface area contributed by atoms with Gasteiger partial charge in [-0.2, -0.15) is 0 Å². The summed E-state index contributed by atoms with van der Waals surface area (Å²) >= 11 is 2.29. The number of hydrogen-bond donors (Lipinski definition) is 0. The van der Waals surface area contributed by atoms with E-state index in [1.54, 1.807) is 7.11 Å². The third-order valence-electron chi connectivity index (χ3n) is 1.86. The topological polar surface area (TPSA) is 31.0 Å². The molecule has 1 aliphatic heterocycles. The molecular weight excluding hydrogens is 283 g/mol. The molecule has 1 saturated heterocycles. The Balaban J connectivity index is 2.27. The number of rotatable bonds is 6. The molecule has 1 aliphatic rings. The van der Waals surface area contributed by atoms with Crippen LogP contribution in [-0.4, -0.2) is 36.6 Å². The molecule has 0 aromatic rings. The van der Waals surface area contributed by atoms with E-state index in [1.807, 2.05) is 0 Å². The van der Waals surface area contributed by atoms with Crippen LogP contribution in [0.5, 0.6) is 0 Å². The van der Waals surface area contributed by atoms with E-state index in [0.717, 1.165) is 4.43 Å². The van der Waals surface area contributed by atoms with Gasteiger partial charge in [-0.05, 0) is 0 Å².